The summed E-state index contributed by atoms with van der Waals surface area (Å²) in [5, 5.41) is 14.9. The van der Waals surface area contributed by atoms with Crippen molar-refractivity contribution in [2.45, 2.75) is 59.1 Å². The number of hydrogen-bond acceptors (Lipinski definition) is 4. The Morgan fingerprint density at radius 1 is 1.05 bits per heavy atom. The Kier molecular flexibility index (Phi) is 10.9. The summed E-state index contributed by atoms with van der Waals surface area (Å²) in [4.78, 5) is 28.6. The van der Waals surface area contributed by atoms with E-state index >= 15 is 0 Å². The zero-order chi connectivity index (χ0) is 27.5. The molecule has 0 saturated heterocycles. The third-order valence-corrected chi connectivity index (χ3v) is 7.37. The number of nitrogens with one attached hydrogen (secondary N) is 1. The van der Waals surface area contributed by atoms with Crippen molar-refractivity contribution >= 4 is 11.8 Å². The minimum absolute atomic E-state index is 0.0609. The van der Waals surface area contributed by atoms with Gasteiger partial charge < -0.3 is 21.1 Å². The fourth-order valence-corrected chi connectivity index (χ4v) is 5.44. The second kappa shape index (κ2) is 14.1. The molecule has 1 aliphatic carbocycles. The topological polar surface area (TPSA) is 95.7 Å². The van der Waals surface area contributed by atoms with Crippen LogP contribution >= 0.6 is 0 Å². The number of primary amides is 1. The molecule has 204 valence electrons. The van der Waals surface area contributed by atoms with Crippen LogP contribution in [0.15, 0.2) is 78.4 Å². The number of benzene rings is 2. The number of aliphatic hydroxyl groups excluding tert-OH is 1. The summed E-state index contributed by atoms with van der Waals surface area (Å²) >= 11 is 0. The normalized spacial score (nSPS) is 18.5. The van der Waals surface area contributed by atoms with Crippen LogP contribution in [0.5, 0.6) is 0 Å². The van der Waals surface area contributed by atoms with Crippen LogP contribution in [0.3, 0.4) is 0 Å². The molecule has 2 amide bonds. The molecule has 2 aromatic rings. The minimum Gasteiger partial charge on any atom is -0.391 e. The lowest BCUT2D eigenvalue weighted by Crippen LogP contribution is -2.51. The van der Waals surface area contributed by atoms with Gasteiger partial charge in [0.25, 0.3) is 0 Å². The molecule has 0 radical (unpaired) electrons. The van der Waals surface area contributed by atoms with Crippen molar-refractivity contribution in [1.82, 2.24) is 10.2 Å². The van der Waals surface area contributed by atoms with Crippen LogP contribution in [-0.2, 0) is 22.6 Å². The average molecular weight is 518 g/mol. The van der Waals surface area contributed by atoms with Crippen molar-refractivity contribution in [2.24, 2.45) is 17.1 Å². The quantitative estimate of drug-likeness (QED) is 0.348. The Hall–Kier alpha value is -3.22. The van der Waals surface area contributed by atoms with Gasteiger partial charge in [-0.2, -0.15) is 0 Å². The number of amides is 2. The molecule has 38 heavy (non-hydrogen) atoms. The van der Waals surface area contributed by atoms with Gasteiger partial charge >= 0.3 is 0 Å². The van der Waals surface area contributed by atoms with Gasteiger partial charge in [0.1, 0.15) is 0 Å². The monoisotopic (exact) mass is 517 g/mol. The van der Waals surface area contributed by atoms with Crippen molar-refractivity contribution in [3.63, 3.8) is 0 Å². The smallest absolute Gasteiger partial charge is 0.249 e. The van der Waals surface area contributed by atoms with Gasteiger partial charge in [-0.25, -0.2) is 0 Å². The second-order valence-corrected chi connectivity index (χ2v) is 10.4. The molecule has 3 atom stereocenters. The Bertz CT molecular complexity index is 1120. The van der Waals surface area contributed by atoms with E-state index in [0.29, 0.717) is 38.2 Å². The summed E-state index contributed by atoms with van der Waals surface area (Å²) in [6, 6.07) is 18.0. The van der Waals surface area contributed by atoms with Gasteiger partial charge in [-0.3, -0.25) is 9.59 Å². The van der Waals surface area contributed by atoms with Crippen molar-refractivity contribution in [3.05, 3.63) is 95.1 Å². The maximum atomic E-state index is 13.5. The lowest BCUT2D eigenvalue weighted by Gasteiger charge is -2.41. The van der Waals surface area contributed by atoms with E-state index in [4.69, 9.17) is 5.73 Å². The molecule has 1 unspecified atom stereocenters. The summed E-state index contributed by atoms with van der Waals surface area (Å²) in [5.74, 6) is -1.11. The van der Waals surface area contributed by atoms with Gasteiger partial charge in [0.15, 0.2) is 0 Å². The van der Waals surface area contributed by atoms with E-state index in [-0.39, 0.29) is 12.3 Å². The van der Waals surface area contributed by atoms with E-state index in [2.05, 4.69) is 38.2 Å². The summed E-state index contributed by atoms with van der Waals surface area (Å²) in [6.45, 7) is 8.37. The van der Waals surface area contributed by atoms with Crippen molar-refractivity contribution in [1.29, 1.82) is 0 Å². The van der Waals surface area contributed by atoms with Crippen molar-refractivity contribution in [3.8, 4) is 0 Å². The highest BCUT2D eigenvalue weighted by Gasteiger charge is 2.47. The number of allylic oxidation sites excluding steroid dienone is 2. The van der Waals surface area contributed by atoms with Crippen LogP contribution in [0.1, 0.15) is 49.8 Å². The first-order valence-electron chi connectivity index (χ1n) is 13.8. The third-order valence-electron chi connectivity index (χ3n) is 7.37. The second-order valence-electron chi connectivity index (χ2n) is 10.4. The van der Waals surface area contributed by atoms with Gasteiger partial charge in [-0.1, -0.05) is 92.2 Å². The van der Waals surface area contributed by atoms with E-state index < -0.39 is 23.3 Å². The summed E-state index contributed by atoms with van der Waals surface area (Å²) in [6.07, 6.45) is 6.84. The number of carbonyl (C=O) groups is 2. The number of rotatable bonds is 14. The lowest BCUT2D eigenvalue weighted by atomic mass is 9.64. The minimum atomic E-state index is -1.19. The molecule has 1 aliphatic rings. The number of hydrogen-bond donors (Lipinski definition) is 3. The van der Waals surface area contributed by atoms with Crippen LogP contribution in [0.2, 0.25) is 0 Å². The molecule has 0 bridgehead atoms. The first kappa shape index (κ1) is 29.3. The first-order valence-corrected chi connectivity index (χ1v) is 13.8. The maximum Gasteiger partial charge on any atom is 0.249 e. The molecule has 6 heteroatoms. The van der Waals surface area contributed by atoms with E-state index in [9.17, 15) is 14.7 Å². The molecule has 3 rings (SSSR count). The van der Waals surface area contributed by atoms with Crippen LogP contribution in [0, 0.1) is 18.3 Å². The predicted octanol–water partition coefficient (Wildman–Crippen LogP) is 4.31. The first-order chi connectivity index (χ1) is 18.3. The molecule has 0 heterocycles. The van der Waals surface area contributed by atoms with Crippen LogP contribution < -0.4 is 11.1 Å². The Labute approximate surface area is 227 Å². The standard InChI is InChI=1S/C32H43N3O3/c1-4-17-35(18-5-2)30(37)27-15-10-16-32(21-27,31(33)38)28(20-25-12-7-6-8-13-25)29(36)23-34-22-26-14-9-11-24(3)19-26/h6-16,19,28-29,34,36H,4-5,17-18,20-23H2,1-3H3,(H2,33,38)/t28-,29+,32?/m1/s1. The van der Waals surface area contributed by atoms with Crippen LogP contribution in [0.25, 0.3) is 0 Å². The molecular weight excluding hydrogens is 474 g/mol. The fraction of sp³-hybridized carbons (Fsp3) is 0.438. The number of nitrogens with two attached hydrogens (primary N) is 1. The van der Waals surface area contributed by atoms with Gasteiger partial charge in [0.05, 0.1) is 11.5 Å². The van der Waals surface area contributed by atoms with E-state index in [1.54, 1.807) is 18.2 Å². The molecule has 6 nitrogen and oxygen atoms in total. The fourth-order valence-electron chi connectivity index (χ4n) is 5.44. The Morgan fingerprint density at radius 3 is 2.37 bits per heavy atom. The number of nitrogens with zero attached hydrogens (tertiary/aromatic N) is 1. The number of carbonyl (C=O) groups excluding carboxylic acids is 2. The van der Waals surface area contributed by atoms with Gasteiger partial charge in [-0.05, 0) is 43.7 Å². The van der Waals surface area contributed by atoms with E-state index in [0.717, 1.165) is 24.0 Å². The number of aliphatic hydroxyl groups is 1. The van der Waals surface area contributed by atoms with Gasteiger partial charge in [0.2, 0.25) is 11.8 Å². The highest BCUT2D eigenvalue weighted by molar-refractivity contribution is 5.96. The predicted molar refractivity (Wildman–Crippen MR) is 153 cm³/mol. The van der Waals surface area contributed by atoms with Crippen LogP contribution in [0.4, 0.5) is 0 Å². The molecule has 0 aliphatic heterocycles. The largest absolute Gasteiger partial charge is 0.391 e. The molecule has 0 saturated carbocycles. The zero-order valence-corrected chi connectivity index (χ0v) is 23.0. The molecule has 2 aromatic carbocycles. The summed E-state index contributed by atoms with van der Waals surface area (Å²) in [5.41, 5.74) is 8.79. The SMILES string of the molecule is CCCN(CCC)C(=O)C1=CC=CC(C(N)=O)([C@H](Cc2ccccc2)[C@@H](O)CNCc2cccc(C)c2)C1. The summed E-state index contributed by atoms with van der Waals surface area (Å²) < 4.78 is 0. The van der Waals surface area contributed by atoms with Crippen molar-refractivity contribution in [2.75, 3.05) is 19.6 Å². The van der Waals surface area contributed by atoms with E-state index in [1.807, 2.05) is 47.4 Å². The molecule has 0 spiro atoms. The van der Waals surface area contributed by atoms with Crippen molar-refractivity contribution < 1.29 is 14.7 Å². The molecule has 4 N–H and O–H groups in total. The molecule has 0 aromatic heterocycles. The van der Waals surface area contributed by atoms with Crippen LogP contribution in [-0.4, -0.2) is 47.6 Å². The highest BCUT2D eigenvalue weighted by atomic mass is 16.3. The van der Waals surface area contributed by atoms with E-state index in [1.165, 1.54) is 5.56 Å². The molecule has 0 fully saturated rings. The van der Waals surface area contributed by atoms with Gasteiger partial charge in [-0.15, -0.1) is 0 Å². The lowest BCUT2D eigenvalue weighted by molar-refractivity contribution is -0.132. The zero-order valence-electron chi connectivity index (χ0n) is 23.0. The Balaban J connectivity index is 1.88. The average Bonchev–Trinajstić information content (AvgIpc) is 2.91. The maximum absolute atomic E-state index is 13.5. The number of aryl methyl sites for hydroxylation is 1. The van der Waals surface area contributed by atoms with Gasteiger partial charge in [0, 0.05) is 37.7 Å². The highest BCUT2D eigenvalue weighted by Crippen LogP contribution is 2.43. The molecular formula is C32H43N3O3. The summed E-state index contributed by atoms with van der Waals surface area (Å²) in [7, 11) is 0. The third kappa shape index (κ3) is 7.42. The Morgan fingerprint density at radius 2 is 1.74 bits per heavy atom.